The van der Waals surface area contributed by atoms with E-state index in [0.717, 1.165) is 76.9 Å². The molecule has 0 aliphatic heterocycles. The van der Waals surface area contributed by atoms with E-state index in [4.69, 9.17) is 19.7 Å². The summed E-state index contributed by atoms with van der Waals surface area (Å²) < 4.78 is 12.3. The first-order chi connectivity index (χ1) is 27.4. The minimum atomic E-state index is 0.171. The highest BCUT2D eigenvalue weighted by atomic mass is 32.2. The van der Waals surface area contributed by atoms with Crippen molar-refractivity contribution in [3.8, 4) is 47.0 Å². The van der Waals surface area contributed by atoms with Gasteiger partial charge in [-0.15, -0.1) is 23.5 Å². The quantitative estimate of drug-likeness (QED) is 0.0955. The molecule has 0 saturated heterocycles. The molecular weight excluding hydrogens is 729 g/mol. The third-order valence-electron chi connectivity index (χ3n) is 8.53. The lowest BCUT2D eigenvalue weighted by Gasteiger charge is -2.10. The maximum absolute atomic E-state index is 9.00. The van der Waals surface area contributed by atoms with E-state index in [0.29, 0.717) is 24.7 Å². The average molecular weight is 771 g/mol. The molecule has 0 bridgehead atoms. The molecular formula is C50H42O4S2. The lowest BCUT2D eigenvalue weighted by atomic mass is 10.1. The Labute approximate surface area is 339 Å². The summed E-state index contributed by atoms with van der Waals surface area (Å²) >= 11 is 3.26. The summed E-state index contributed by atoms with van der Waals surface area (Å²) in [6.45, 7) is 5.34. The first kappa shape index (κ1) is 39.9. The van der Waals surface area contributed by atoms with Crippen molar-refractivity contribution in [2.45, 2.75) is 36.9 Å². The molecule has 4 nitrogen and oxygen atoms in total. The van der Waals surface area contributed by atoms with Crippen molar-refractivity contribution in [1.82, 2.24) is 0 Å². The van der Waals surface area contributed by atoms with Gasteiger partial charge in [0.15, 0.2) is 0 Å². The molecule has 6 rings (SSSR count). The van der Waals surface area contributed by atoms with Crippen LogP contribution < -0.4 is 9.47 Å². The van der Waals surface area contributed by atoms with Crippen LogP contribution in [0.1, 0.15) is 55.6 Å². The SMILES string of the molecule is Cc1cc(C#Cc2ccc(SCCO)cc2)ccc1OCc1ccc(C#Cc2ccc(COc3ccc(C#Cc4ccc(SCCO)cc4)cc3C)cc2)cc1. The average Bonchev–Trinajstić information content (AvgIpc) is 3.23. The van der Waals surface area contributed by atoms with Gasteiger partial charge in [0.1, 0.15) is 24.7 Å². The van der Waals surface area contributed by atoms with Crippen LogP contribution in [0.2, 0.25) is 0 Å². The van der Waals surface area contributed by atoms with Gasteiger partial charge in [0, 0.05) is 54.7 Å². The lowest BCUT2D eigenvalue weighted by molar-refractivity contribution is 0.304. The molecule has 56 heavy (non-hydrogen) atoms. The van der Waals surface area contributed by atoms with E-state index in [2.05, 4.69) is 35.5 Å². The molecule has 278 valence electrons. The fourth-order valence-electron chi connectivity index (χ4n) is 5.50. The number of aryl methyl sites for hydroxylation is 2. The van der Waals surface area contributed by atoms with Crippen LogP contribution >= 0.6 is 23.5 Å². The molecule has 0 unspecified atom stereocenters. The van der Waals surface area contributed by atoms with Crippen molar-refractivity contribution >= 4 is 23.5 Å². The zero-order valence-electron chi connectivity index (χ0n) is 31.5. The van der Waals surface area contributed by atoms with E-state index < -0.39 is 0 Å². The van der Waals surface area contributed by atoms with E-state index in [1.54, 1.807) is 23.5 Å². The Morgan fingerprint density at radius 3 is 1.04 bits per heavy atom. The van der Waals surface area contributed by atoms with Crippen molar-refractivity contribution in [2.24, 2.45) is 0 Å². The molecule has 0 spiro atoms. The fourth-order valence-corrected chi connectivity index (χ4v) is 6.81. The predicted octanol–water partition coefficient (Wildman–Crippen LogP) is 9.83. The van der Waals surface area contributed by atoms with Crippen LogP contribution in [0.4, 0.5) is 0 Å². The summed E-state index contributed by atoms with van der Waals surface area (Å²) in [5.74, 6) is 22.5. The molecule has 0 aliphatic carbocycles. The van der Waals surface area contributed by atoms with Crippen LogP contribution in [0.3, 0.4) is 0 Å². The van der Waals surface area contributed by atoms with Crippen molar-refractivity contribution in [3.63, 3.8) is 0 Å². The molecule has 0 saturated carbocycles. The second kappa shape index (κ2) is 20.8. The minimum Gasteiger partial charge on any atom is -0.489 e. The van der Waals surface area contributed by atoms with Gasteiger partial charge in [-0.05, 0) is 145 Å². The molecule has 0 atom stereocenters. The van der Waals surface area contributed by atoms with Gasteiger partial charge >= 0.3 is 0 Å². The van der Waals surface area contributed by atoms with E-state index in [1.807, 2.05) is 147 Å². The van der Waals surface area contributed by atoms with Gasteiger partial charge in [-0.25, -0.2) is 0 Å². The van der Waals surface area contributed by atoms with Gasteiger partial charge in [0.25, 0.3) is 0 Å². The molecule has 0 aliphatic rings. The Morgan fingerprint density at radius 2 is 0.714 bits per heavy atom. The summed E-state index contributed by atoms with van der Waals surface area (Å²) in [4.78, 5) is 2.25. The van der Waals surface area contributed by atoms with E-state index >= 15 is 0 Å². The molecule has 0 fully saturated rings. The zero-order valence-corrected chi connectivity index (χ0v) is 33.1. The smallest absolute Gasteiger partial charge is 0.122 e. The third-order valence-corrected chi connectivity index (χ3v) is 10.5. The fraction of sp³-hybridized carbons (Fsp3) is 0.160. The maximum Gasteiger partial charge on any atom is 0.122 e. The molecule has 0 heterocycles. The molecule has 0 aromatic heterocycles. The van der Waals surface area contributed by atoms with E-state index in [-0.39, 0.29) is 13.2 Å². The number of hydrogen-bond acceptors (Lipinski definition) is 6. The maximum atomic E-state index is 9.00. The van der Waals surface area contributed by atoms with E-state index in [1.165, 1.54) is 0 Å². The summed E-state index contributed by atoms with van der Waals surface area (Å²) in [5.41, 5.74) is 9.86. The number of thioether (sulfide) groups is 2. The number of rotatable bonds is 12. The minimum absolute atomic E-state index is 0.171. The Morgan fingerprint density at radius 1 is 0.411 bits per heavy atom. The molecule has 0 amide bonds. The number of aliphatic hydroxyl groups is 2. The van der Waals surface area contributed by atoms with Crippen LogP contribution in [0.15, 0.2) is 143 Å². The zero-order chi connectivity index (χ0) is 39.0. The van der Waals surface area contributed by atoms with Crippen molar-refractivity contribution < 1.29 is 19.7 Å². The molecule has 6 heteroatoms. The number of hydrogen-bond donors (Lipinski definition) is 2. The molecule has 0 radical (unpaired) electrons. The largest absolute Gasteiger partial charge is 0.489 e. The topological polar surface area (TPSA) is 58.9 Å². The van der Waals surface area contributed by atoms with Gasteiger partial charge in [-0.2, -0.15) is 0 Å². The Kier molecular flexibility index (Phi) is 14.8. The summed E-state index contributed by atoms with van der Waals surface area (Å²) in [6.07, 6.45) is 0. The van der Waals surface area contributed by atoms with Crippen LogP contribution in [-0.2, 0) is 13.2 Å². The number of benzene rings is 6. The molecule has 2 N–H and O–H groups in total. The van der Waals surface area contributed by atoms with Gasteiger partial charge in [0.05, 0.1) is 13.2 Å². The van der Waals surface area contributed by atoms with Crippen molar-refractivity contribution in [2.75, 3.05) is 24.7 Å². The Bertz CT molecular complexity index is 2230. The van der Waals surface area contributed by atoms with Crippen LogP contribution in [0.25, 0.3) is 0 Å². The first-order valence-corrected chi connectivity index (χ1v) is 20.3. The van der Waals surface area contributed by atoms with Gasteiger partial charge in [-0.3, -0.25) is 0 Å². The Balaban J connectivity index is 0.954. The van der Waals surface area contributed by atoms with Crippen molar-refractivity contribution in [1.29, 1.82) is 0 Å². The predicted molar refractivity (Wildman–Crippen MR) is 230 cm³/mol. The second-order valence-electron chi connectivity index (χ2n) is 12.9. The number of ether oxygens (including phenoxy) is 2. The third kappa shape index (κ3) is 12.4. The van der Waals surface area contributed by atoms with Gasteiger partial charge < -0.3 is 19.7 Å². The van der Waals surface area contributed by atoms with Gasteiger partial charge in [-0.1, -0.05) is 59.8 Å². The standard InChI is InChI=1S/C50H42O4S2/c1-37-33-43(11-5-41-17-23-47(24-18-41)55-31-29-51)21-27-49(37)53-35-45-13-7-39(8-14-45)3-4-40-9-15-46(16-10-40)36-54-50-28-22-44(34-38(50)2)12-6-42-19-25-48(26-20-42)56-32-30-52/h7-10,13-28,33-34,51-52H,29-32,35-36H2,1-2H3. The molecule has 6 aromatic rings. The summed E-state index contributed by atoms with van der Waals surface area (Å²) in [7, 11) is 0. The normalized spacial score (nSPS) is 10.3. The number of aliphatic hydroxyl groups excluding tert-OH is 2. The van der Waals surface area contributed by atoms with E-state index in [9.17, 15) is 0 Å². The lowest BCUT2D eigenvalue weighted by Crippen LogP contribution is -1.97. The summed E-state index contributed by atoms with van der Waals surface area (Å²) in [5, 5.41) is 18.0. The van der Waals surface area contributed by atoms with Crippen LogP contribution in [-0.4, -0.2) is 34.9 Å². The monoisotopic (exact) mass is 770 g/mol. The highest BCUT2D eigenvalue weighted by molar-refractivity contribution is 7.99. The highest BCUT2D eigenvalue weighted by Gasteiger charge is 2.04. The highest BCUT2D eigenvalue weighted by Crippen LogP contribution is 2.23. The van der Waals surface area contributed by atoms with Crippen molar-refractivity contribution in [3.05, 3.63) is 189 Å². The second-order valence-corrected chi connectivity index (χ2v) is 15.2. The van der Waals surface area contributed by atoms with Crippen LogP contribution in [0.5, 0.6) is 11.5 Å². The molecule has 6 aromatic carbocycles. The van der Waals surface area contributed by atoms with Gasteiger partial charge in [0.2, 0.25) is 0 Å². The Hall–Kier alpha value is -5.78. The summed E-state index contributed by atoms with van der Waals surface area (Å²) in [6, 6.07) is 44.5. The first-order valence-electron chi connectivity index (χ1n) is 18.3. The van der Waals surface area contributed by atoms with Crippen LogP contribution in [0, 0.1) is 49.4 Å².